The molecule has 1 atom stereocenters. The Labute approximate surface area is 117 Å². The molecular weight excluding hydrogens is 259 g/mol. The molecule has 0 aromatic heterocycles. The molecule has 5 heteroatoms. The van der Waals surface area contributed by atoms with Crippen LogP contribution in [-0.2, 0) is 0 Å². The van der Waals surface area contributed by atoms with Gasteiger partial charge in [0.05, 0.1) is 5.56 Å². The maximum absolute atomic E-state index is 13.8. The Hall–Kier alpha value is -1.62. The van der Waals surface area contributed by atoms with Crippen LogP contribution in [-0.4, -0.2) is 48.2 Å². The number of anilines is 1. The average molecular weight is 278 g/mol. The lowest BCUT2D eigenvalue weighted by Crippen LogP contribution is -2.36. The van der Waals surface area contributed by atoms with Crippen molar-refractivity contribution in [2.24, 2.45) is 0 Å². The number of nitrogens with zero attached hydrogens (tertiary/aromatic N) is 2. The molecule has 2 aliphatic rings. The second kappa shape index (κ2) is 5.40. The van der Waals surface area contributed by atoms with Crippen molar-refractivity contribution in [3.8, 4) is 0 Å². The Morgan fingerprint density at radius 2 is 2.05 bits per heavy atom. The van der Waals surface area contributed by atoms with Crippen molar-refractivity contribution in [1.29, 1.82) is 0 Å². The number of carboxylic acids is 1. The Morgan fingerprint density at radius 1 is 1.25 bits per heavy atom. The molecule has 0 amide bonds. The Bertz CT molecular complexity index is 521. The minimum absolute atomic E-state index is 0.258. The molecule has 4 nitrogen and oxygen atoms in total. The topological polar surface area (TPSA) is 43.8 Å². The quantitative estimate of drug-likeness (QED) is 0.900. The van der Waals surface area contributed by atoms with Gasteiger partial charge in [-0.05, 0) is 44.0 Å². The van der Waals surface area contributed by atoms with Gasteiger partial charge in [0.1, 0.15) is 5.82 Å². The molecule has 108 valence electrons. The van der Waals surface area contributed by atoms with Gasteiger partial charge in [-0.2, -0.15) is 0 Å². The highest BCUT2D eigenvalue weighted by Gasteiger charge is 2.29. The zero-order chi connectivity index (χ0) is 14.1. The van der Waals surface area contributed by atoms with Crippen molar-refractivity contribution in [3.05, 3.63) is 29.6 Å². The fourth-order valence-electron chi connectivity index (χ4n) is 3.32. The molecule has 2 aliphatic heterocycles. The van der Waals surface area contributed by atoms with Crippen LogP contribution in [0.5, 0.6) is 0 Å². The third-order valence-corrected chi connectivity index (χ3v) is 4.35. The minimum atomic E-state index is -1.22. The summed E-state index contributed by atoms with van der Waals surface area (Å²) < 4.78 is 13.8. The summed E-state index contributed by atoms with van der Waals surface area (Å²) in [5, 5.41) is 8.87. The van der Waals surface area contributed by atoms with Crippen LogP contribution in [0.15, 0.2) is 18.2 Å². The van der Waals surface area contributed by atoms with Gasteiger partial charge in [0.2, 0.25) is 0 Å². The molecule has 2 heterocycles. The highest BCUT2D eigenvalue weighted by Crippen LogP contribution is 2.26. The number of carboxylic acid groups (broad SMARTS) is 1. The third-order valence-electron chi connectivity index (χ3n) is 4.35. The van der Waals surface area contributed by atoms with Crippen LogP contribution in [0.2, 0.25) is 0 Å². The van der Waals surface area contributed by atoms with Crippen molar-refractivity contribution in [3.63, 3.8) is 0 Å². The van der Waals surface area contributed by atoms with E-state index in [-0.39, 0.29) is 5.56 Å². The van der Waals surface area contributed by atoms with E-state index in [2.05, 4.69) is 9.80 Å². The van der Waals surface area contributed by atoms with E-state index in [1.54, 1.807) is 6.07 Å². The summed E-state index contributed by atoms with van der Waals surface area (Å²) in [5.74, 6) is -1.87. The lowest BCUT2D eigenvalue weighted by atomic mass is 10.1. The minimum Gasteiger partial charge on any atom is -0.478 e. The summed E-state index contributed by atoms with van der Waals surface area (Å²) in [6, 6.07) is 5.00. The number of rotatable bonds is 2. The molecule has 20 heavy (non-hydrogen) atoms. The second-order valence-corrected chi connectivity index (χ2v) is 5.60. The first-order chi connectivity index (χ1) is 9.65. The van der Waals surface area contributed by atoms with Gasteiger partial charge in [0.15, 0.2) is 0 Å². The van der Waals surface area contributed by atoms with Gasteiger partial charge in [-0.15, -0.1) is 0 Å². The predicted octanol–water partition coefficient (Wildman–Crippen LogP) is 2.20. The zero-order valence-corrected chi connectivity index (χ0v) is 11.4. The lowest BCUT2D eigenvalue weighted by Gasteiger charge is -2.27. The first-order valence-corrected chi connectivity index (χ1v) is 7.17. The maximum Gasteiger partial charge on any atom is 0.338 e. The maximum atomic E-state index is 13.8. The number of halogens is 1. The second-order valence-electron chi connectivity index (χ2n) is 5.60. The SMILES string of the molecule is O=C(O)c1ccc(N2CCCN3CCCC3C2)cc1F. The molecule has 2 saturated heterocycles. The Balaban J connectivity index is 1.81. The number of hydrogen-bond donors (Lipinski definition) is 1. The van der Waals surface area contributed by atoms with Crippen molar-refractivity contribution in [1.82, 2.24) is 4.90 Å². The fraction of sp³-hybridized carbons (Fsp3) is 0.533. The van der Waals surface area contributed by atoms with E-state index in [1.807, 2.05) is 0 Å². The zero-order valence-electron chi connectivity index (χ0n) is 11.4. The van der Waals surface area contributed by atoms with Gasteiger partial charge in [-0.3, -0.25) is 4.90 Å². The summed E-state index contributed by atoms with van der Waals surface area (Å²) in [4.78, 5) is 15.6. The summed E-state index contributed by atoms with van der Waals surface area (Å²) in [5.41, 5.74) is 0.535. The predicted molar refractivity (Wildman–Crippen MR) is 74.8 cm³/mol. The Kier molecular flexibility index (Phi) is 3.61. The van der Waals surface area contributed by atoms with Gasteiger partial charge in [-0.25, -0.2) is 9.18 Å². The summed E-state index contributed by atoms with van der Waals surface area (Å²) in [7, 11) is 0. The van der Waals surface area contributed by atoms with Gasteiger partial charge in [-0.1, -0.05) is 0 Å². The van der Waals surface area contributed by atoms with E-state index < -0.39 is 11.8 Å². The highest BCUT2D eigenvalue weighted by atomic mass is 19.1. The molecule has 2 fully saturated rings. The van der Waals surface area contributed by atoms with Gasteiger partial charge < -0.3 is 10.0 Å². The van der Waals surface area contributed by atoms with Crippen LogP contribution in [0.25, 0.3) is 0 Å². The number of aromatic carboxylic acids is 1. The van der Waals surface area contributed by atoms with Crippen LogP contribution < -0.4 is 4.90 Å². The monoisotopic (exact) mass is 278 g/mol. The largest absolute Gasteiger partial charge is 0.478 e. The summed E-state index contributed by atoms with van der Waals surface area (Å²) in [6.07, 6.45) is 3.51. The number of carbonyl (C=O) groups is 1. The van der Waals surface area contributed by atoms with Crippen LogP contribution in [0.4, 0.5) is 10.1 Å². The molecule has 1 aromatic carbocycles. The molecule has 3 rings (SSSR count). The lowest BCUT2D eigenvalue weighted by molar-refractivity contribution is 0.0692. The van der Waals surface area contributed by atoms with E-state index >= 15 is 0 Å². The first kappa shape index (κ1) is 13.4. The number of benzene rings is 1. The van der Waals surface area contributed by atoms with E-state index in [4.69, 9.17) is 5.11 Å². The molecule has 0 radical (unpaired) electrons. The van der Waals surface area contributed by atoms with Crippen LogP contribution in [0.1, 0.15) is 29.6 Å². The van der Waals surface area contributed by atoms with Crippen molar-refractivity contribution in [2.75, 3.05) is 31.1 Å². The van der Waals surface area contributed by atoms with E-state index in [1.165, 1.54) is 31.5 Å². The average Bonchev–Trinajstić information content (AvgIpc) is 2.75. The van der Waals surface area contributed by atoms with Crippen molar-refractivity contribution in [2.45, 2.75) is 25.3 Å². The number of fused-ring (bicyclic) bond motifs is 1. The van der Waals surface area contributed by atoms with Crippen LogP contribution in [0.3, 0.4) is 0 Å². The van der Waals surface area contributed by atoms with Crippen LogP contribution >= 0.6 is 0 Å². The third kappa shape index (κ3) is 2.50. The van der Waals surface area contributed by atoms with Gasteiger partial charge >= 0.3 is 5.97 Å². The molecule has 1 aromatic rings. The number of hydrogen-bond acceptors (Lipinski definition) is 3. The van der Waals surface area contributed by atoms with Crippen molar-refractivity contribution < 1.29 is 14.3 Å². The summed E-state index contributed by atoms with van der Waals surface area (Å²) in [6.45, 7) is 4.09. The summed E-state index contributed by atoms with van der Waals surface area (Å²) >= 11 is 0. The Morgan fingerprint density at radius 3 is 2.80 bits per heavy atom. The highest BCUT2D eigenvalue weighted by molar-refractivity contribution is 5.88. The van der Waals surface area contributed by atoms with E-state index in [0.29, 0.717) is 6.04 Å². The normalized spacial score (nSPS) is 23.4. The smallest absolute Gasteiger partial charge is 0.338 e. The molecule has 1 N–H and O–H groups in total. The van der Waals surface area contributed by atoms with E-state index in [9.17, 15) is 9.18 Å². The molecular formula is C15H19FN2O2. The fourth-order valence-corrected chi connectivity index (χ4v) is 3.32. The molecule has 0 aliphatic carbocycles. The van der Waals surface area contributed by atoms with E-state index in [0.717, 1.165) is 31.7 Å². The first-order valence-electron chi connectivity index (χ1n) is 7.17. The molecule has 0 spiro atoms. The molecule has 1 unspecified atom stereocenters. The van der Waals surface area contributed by atoms with Crippen molar-refractivity contribution >= 4 is 11.7 Å². The molecule has 0 bridgehead atoms. The standard InChI is InChI=1S/C15H19FN2O2/c16-14-9-11(4-5-13(14)15(19)20)18-8-2-7-17-6-1-3-12(17)10-18/h4-5,9,12H,1-3,6-8,10H2,(H,19,20). The van der Waals surface area contributed by atoms with Gasteiger partial charge in [0, 0.05) is 31.4 Å². The molecule has 0 saturated carbocycles. The van der Waals surface area contributed by atoms with Crippen LogP contribution in [0, 0.1) is 5.82 Å². The van der Waals surface area contributed by atoms with Gasteiger partial charge in [0.25, 0.3) is 0 Å².